The molecule has 6 heteroatoms. The fraction of sp³-hybridized carbons (Fsp3) is 0.533. The SMILES string of the molecule is CCS(=O)CCN1C(=O)C2(CC2)NC1c1ccccc1F. The second-order valence-electron chi connectivity index (χ2n) is 5.58. The van der Waals surface area contributed by atoms with E-state index in [0.717, 1.165) is 12.8 Å². The molecule has 1 amide bonds. The highest BCUT2D eigenvalue weighted by molar-refractivity contribution is 7.84. The van der Waals surface area contributed by atoms with E-state index in [4.69, 9.17) is 0 Å². The predicted molar refractivity (Wildman–Crippen MR) is 79.5 cm³/mol. The van der Waals surface area contributed by atoms with Gasteiger partial charge in [-0.25, -0.2) is 4.39 Å². The smallest absolute Gasteiger partial charge is 0.244 e. The van der Waals surface area contributed by atoms with Crippen molar-refractivity contribution >= 4 is 16.7 Å². The van der Waals surface area contributed by atoms with Crippen LogP contribution in [-0.2, 0) is 15.6 Å². The molecule has 4 nitrogen and oxygen atoms in total. The van der Waals surface area contributed by atoms with Crippen LogP contribution in [0, 0.1) is 5.82 Å². The maximum Gasteiger partial charge on any atom is 0.244 e. The van der Waals surface area contributed by atoms with E-state index in [1.807, 2.05) is 6.92 Å². The minimum Gasteiger partial charge on any atom is -0.320 e. The van der Waals surface area contributed by atoms with Crippen LogP contribution in [-0.4, -0.2) is 38.6 Å². The minimum atomic E-state index is -0.934. The number of rotatable bonds is 5. The van der Waals surface area contributed by atoms with Gasteiger partial charge in [0.25, 0.3) is 0 Å². The molecule has 1 aliphatic carbocycles. The number of nitrogens with one attached hydrogen (secondary N) is 1. The maximum atomic E-state index is 14.0. The molecule has 1 aromatic rings. The lowest BCUT2D eigenvalue weighted by Gasteiger charge is -2.24. The van der Waals surface area contributed by atoms with Crippen molar-refractivity contribution in [3.05, 3.63) is 35.6 Å². The Hall–Kier alpha value is -1.27. The molecule has 0 aromatic heterocycles. The normalized spacial score (nSPS) is 24.6. The molecular weight excluding hydrogens is 291 g/mol. The number of nitrogens with zero attached hydrogens (tertiary/aromatic N) is 1. The summed E-state index contributed by atoms with van der Waals surface area (Å²) in [5.41, 5.74) is -0.0161. The standard InChI is InChI=1S/C15H19FN2O2S/c1-2-21(20)10-9-18-13(11-5-3-4-6-12(11)16)17-15(7-8-15)14(18)19/h3-6,13,17H,2,7-10H2,1H3. The van der Waals surface area contributed by atoms with E-state index in [2.05, 4.69) is 5.32 Å². The highest BCUT2D eigenvalue weighted by atomic mass is 32.2. The third kappa shape index (κ3) is 2.62. The second kappa shape index (κ2) is 5.50. The van der Waals surface area contributed by atoms with Gasteiger partial charge in [0.05, 0.1) is 0 Å². The summed E-state index contributed by atoms with van der Waals surface area (Å²) in [6.45, 7) is 2.25. The van der Waals surface area contributed by atoms with Gasteiger partial charge in [-0.15, -0.1) is 0 Å². The average Bonchev–Trinajstić information content (AvgIpc) is 3.21. The molecule has 1 saturated carbocycles. The fourth-order valence-electron chi connectivity index (χ4n) is 2.79. The Morgan fingerprint density at radius 2 is 2.14 bits per heavy atom. The van der Waals surface area contributed by atoms with Gasteiger partial charge in [0, 0.05) is 34.4 Å². The molecule has 1 heterocycles. The molecule has 2 atom stereocenters. The van der Waals surface area contributed by atoms with E-state index >= 15 is 0 Å². The molecule has 3 rings (SSSR count). The Morgan fingerprint density at radius 1 is 1.43 bits per heavy atom. The summed E-state index contributed by atoms with van der Waals surface area (Å²) in [5.74, 6) is 0.710. The number of halogens is 1. The van der Waals surface area contributed by atoms with Gasteiger partial charge in [-0.3, -0.25) is 14.3 Å². The maximum absolute atomic E-state index is 14.0. The van der Waals surface area contributed by atoms with E-state index in [0.29, 0.717) is 23.6 Å². The van der Waals surface area contributed by atoms with Crippen LogP contribution in [0.2, 0.25) is 0 Å². The highest BCUT2D eigenvalue weighted by Gasteiger charge is 2.59. The van der Waals surface area contributed by atoms with E-state index in [9.17, 15) is 13.4 Å². The van der Waals surface area contributed by atoms with E-state index in [1.54, 1.807) is 23.1 Å². The third-order valence-electron chi connectivity index (χ3n) is 4.23. The van der Waals surface area contributed by atoms with Crippen LogP contribution in [0.25, 0.3) is 0 Å². The van der Waals surface area contributed by atoms with Gasteiger partial charge < -0.3 is 4.90 Å². The van der Waals surface area contributed by atoms with Gasteiger partial charge in [0.1, 0.15) is 17.5 Å². The zero-order chi connectivity index (χ0) is 15.0. The van der Waals surface area contributed by atoms with E-state index < -0.39 is 22.5 Å². The van der Waals surface area contributed by atoms with Crippen LogP contribution in [0.4, 0.5) is 4.39 Å². The average molecular weight is 310 g/mol. The summed E-state index contributed by atoms with van der Waals surface area (Å²) in [6.07, 6.45) is 1.14. The molecule has 1 saturated heterocycles. The summed E-state index contributed by atoms with van der Waals surface area (Å²) in [6, 6.07) is 6.51. The molecule has 1 N–H and O–H groups in total. The summed E-state index contributed by atoms with van der Waals surface area (Å²) in [7, 11) is -0.934. The Bertz CT molecular complexity index is 589. The van der Waals surface area contributed by atoms with Gasteiger partial charge in [0.15, 0.2) is 0 Å². The van der Waals surface area contributed by atoms with Crippen molar-refractivity contribution in [3.63, 3.8) is 0 Å². The van der Waals surface area contributed by atoms with E-state index in [-0.39, 0.29) is 11.7 Å². The number of hydrogen-bond donors (Lipinski definition) is 1. The molecule has 21 heavy (non-hydrogen) atoms. The van der Waals surface area contributed by atoms with Crippen molar-refractivity contribution in [3.8, 4) is 0 Å². The number of carbonyl (C=O) groups is 1. The summed E-state index contributed by atoms with van der Waals surface area (Å²) in [5, 5.41) is 3.28. The Balaban J connectivity index is 1.85. The zero-order valence-electron chi connectivity index (χ0n) is 12.0. The Morgan fingerprint density at radius 3 is 2.76 bits per heavy atom. The van der Waals surface area contributed by atoms with Gasteiger partial charge in [0.2, 0.25) is 5.91 Å². The van der Waals surface area contributed by atoms with Crippen LogP contribution >= 0.6 is 0 Å². The summed E-state index contributed by atoms with van der Waals surface area (Å²) in [4.78, 5) is 14.2. The Kier molecular flexibility index (Phi) is 3.84. The first-order valence-corrected chi connectivity index (χ1v) is 8.74. The lowest BCUT2D eigenvalue weighted by Crippen LogP contribution is -2.35. The number of amides is 1. The number of hydrogen-bond acceptors (Lipinski definition) is 3. The van der Waals surface area contributed by atoms with Gasteiger partial charge in [-0.1, -0.05) is 25.1 Å². The lowest BCUT2D eigenvalue weighted by molar-refractivity contribution is -0.130. The molecule has 2 unspecified atom stereocenters. The molecule has 114 valence electrons. The van der Waals surface area contributed by atoms with Crippen molar-refractivity contribution in [2.75, 3.05) is 18.1 Å². The van der Waals surface area contributed by atoms with Crippen molar-refractivity contribution in [1.29, 1.82) is 0 Å². The fourth-order valence-corrected chi connectivity index (χ4v) is 3.48. The molecule has 2 aliphatic rings. The van der Waals surface area contributed by atoms with E-state index in [1.165, 1.54) is 6.07 Å². The van der Waals surface area contributed by atoms with Gasteiger partial charge in [-0.2, -0.15) is 0 Å². The summed E-state index contributed by atoms with van der Waals surface area (Å²) >= 11 is 0. The number of benzene rings is 1. The zero-order valence-corrected chi connectivity index (χ0v) is 12.8. The predicted octanol–water partition coefficient (Wildman–Crippen LogP) is 1.56. The lowest BCUT2D eigenvalue weighted by atomic mass is 10.1. The van der Waals surface area contributed by atoms with Crippen molar-refractivity contribution in [1.82, 2.24) is 10.2 Å². The Labute approximate surface area is 126 Å². The first-order chi connectivity index (χ1) is 10.1. The van der Waals surface area contributed by atoms with Gasteiger partial charge >= 0.3 is 0 Å². The van der Waals surface area contributed by atoms with Crippen molar-refractivity contribution in [2.45, 2.75) is 31.5 Å². The van der Waals surface area contributed by atoms with Gasteiger partial charge in [-0.05, 0) is 18.9 Å². The molecule has 0 radical (unpaired) electrons. The molecule has 2 fully saturated rings. The number of carbonyl (C=O) groups excluding carboxylic acids is 1. The molecule has 1 aliphatic heterocycles. The largest absolute Gasteiger partial charge is 0.320 e. The topological polar surface area (TPSA) is 49.4 Å². The highest BCUT2D eigenvalue weighted by Crippen LogP contribution is 2.46. The minimum absolute atomic E-state index is 0.0175. The third-order valence-corrected chi connectivity index (χ3v) is 5.51. The first-order valence-electron chi connectivity index (χ1n) is 7.25. The molecule has 1 spiro atoms. The van der Waals surface area contributed by atoms with Crippen LogP contribution < -0.4 is 5.32 Å². The second-order valence-corrected chi connectivity index (χ2v) is 7.45. The van der Waals surface area contributed by atoms with Crippen LogP contribution in [0.5, 0.6) is 0 Å². The van der Waals surface area contributed by atoms with Crippen LogP contribution in [0.1, 0.15) is 31.5 Å². The van der Waals surface area contributed by atoms with Crippen LogP contribution in [0.3, 0.4) is 0 Å². The monoisotopic (exact) mass is 310 g/mol. The molecule has 1 aromatic carbocycles. The van der Waals surface area contributed by atoms with Crippen molar-refractivity contribution < 1.29 is 13.4 Å². The summed E-state index contributed by atoms with van der Waals surface area (Å²) < 4.78 is 25.7. The molecular formula is C15H19FN2O2S. The quantitative estimate of drug-likeness (QED) is 0.898. The molecule has 0 bridgehead atoms. The van der Waals surface area contributed by atoms with Crippen molar-refractivity contribution in [2.24, 2.45) is 0 Å². The van der Waals surface area contributed by atoms with Crippen LogP contribution in [0.15, 0.2) is 24.3 Å². The first kappa shape index (κ1) is 14.7.